The fourth-order valence-electron chi connectivity index (χ4n) is 4.87. The Hall–Kier alpha value is -5.02. The first kappa shape index (κ1) is 26.2. The van der Waals surface area contributed by atoms with Crippen LogP contribution in [0.2, 0.25) is 5.02 Å². The van der Waals surface area contributed by atoms with E-state index in [0.717, 1.165) is 27.5 Å². The Morgan fingerprint density at radius 2 is 1.66 bits per heavy atom. The third kappa shape index (κ3) is 4.92. The van der Waals surface area contributed by atoms with Crippen LogP contribution in [0.1, 0.15) is 22.5 Å². The molecule has 2 aliphatic heterocycles. The SMILES string of the molecule is Cc1cc(/C=C2\C(=O)NC(=O)N(c3ccc4c(c3)OCO4)C2=O)c(C)n1-c1ccc(OCc2ccccc2Cl)cc1. The van der Waals surface area contributed by atoms with Crippen molar-refractivity contribution in [2.75, 3.05) is 11.7 Å². The summed E-state index contributed by atoms with van der Waals surface area (Å²) in [6.45, 7) is 4.23. The number of hydrogen-bond donors (Lipinski definition) is 1. The molecule has 0 aliphatic carbocycles. The highest BCUT2D eigenvalue weighted by molar-refractivity contribution is 6.39. The number of halogens is 1. The number of anilines is 1. The summed E-state index contributed by atoms with van der Waals surface area (Å²) in [4.78, 5) is 39.7. The molecule has 1 N–H and O–H groups in total. The quantitative estimate of drug-likeness (QED) is 0.235. The summed E-state index contributed by atoms with van der Waals surface area (Å²) in [5.41, 5.74) is 4.25. The standard InChI is InChI=1S/C31H24ClN3O6/c1-18-13-21(19(2)34(18)22-7-10-24(11-8-22)39-16-20-5-3-4-6-26(20)32)14-25-29(36)33-31(38)35(30(25)37)23-9-12-27-28(15-23)41-17-40-27/h3-15H,16-17H2,1-2H3,(H,33,36,38)/b25-14+. The predicted octanol–water partition coefficient (Wildman–Crippen LogP) is 5.72. The van der Waals surface area contributed by atoms with Gasteiger partial charge in [-0.3, -0.25) is 14.9 Å². The molecule has 1 saturated heterocycles. The Morgan fingerprint density at radius 1 is 0.927 bits per heavy atom. The number of imide groups is 2. The lowest BCUT2D eigenvalue weighted by Gasteiger charge is -2.26. The van der Waals surface area contributed by atoms with Crippen LogP contribution in [-0.4, -0.2) is 29.2 Å². The molecule has 3 heterocycles. The minimum atomic E-state index is -0.835. The number of aryl methyl sites for hydroxylation is 1. The fourth-order valence-corrected chi connectivity index (χ4v) is 5.06. The molecule has 2 aliphatic rings. The number of urea groups is 1. The Bertz CT molecular complexity index is 1740. The zero-order valence-corrected chi connectivity index (χ0v) is 22.9. The number of barbiturate groups is 1. The van der Waals surface area contributed by atoms with E-state index < -0.39 is 17.8 Å². The van der Waals surface area contributed by atoms with Crippen LogP contribution < -0.4 is 24.4 Å². The maximum atomic E-state index is 13.4. The van der Waals surface area contributed by atoms with Crippen molar-refractivity contribution in [2.45, 2.75) is 20.5 Å². The van der Waals surface area contributed by atoms with Gasteiger partial charge in [0, 0.05) is 33.7 Å². The lowest BCUT2D eigenvalue weighted by molar-refractivity contribution is -0.122. The van der Waals surface area contributed by atoms with Gasteiger partial charge in [0.2, 0.25) is 6.79 Å². The Balaban J connectivity index is 1.25. The van der Waals surface area contributed by atoms with Gasteiger partial charge in [-0.2, -0.15) is 0 Å². The van der Waals surface area contributed by atoms with Gasteiger partial charge in [-0.25, -0.2) is 9.69 Å². The zero-order valence-electron chi connectivity index (χ0n) is 22.1. The number of fused-ring (bicyclic) bond motifs is 1. The van der Waals surface area contributed by atoms with Crippen LogP contribution in [0.5, 0.6) is 17.2 Å². The molecule has 0 spiro atoms. The van der Waals surface area contributed by atoms with Crippen LogP contribution in [0.25, 0.3) is 11.8 Å². The first-order chi connectivity index (χ1) is 19.8. The lowest BCUT2D eigenvalue weighted by Crippen LogP contribution is -2.54. The number of rotatable bonds is 6. The summed E-state index contributed by atoms with van der Waals surface area (Å²) in [6.07, 6.45) is 1.50. The van der Waals surface area contributed by atoms with Gasteiger partial charge in [-0.05, 0) is 74.0 Å². The summed E-state index contributed by atoms with van der Waals surface area (Å²) in [7, 11) is 0. The monoisotopic (exact) mass is 569 g/mol. The molecule has 6 rings (SSSR count). The van der Waals surface area contributed by atoms with Crippen LogP contribution >= 0.6 is 11.6 Å². The van der Waals surface area contributed by atoms with E-state index in [4.69, 9.17) is 25.8 Å². The minimum Gasteiger partial charge on any atom is -0.489 e. The van der Waals surface area contributed by atoms with E-state index in [0.29, 0.717) is 34.4 Å². The summed E-state index contributed by atoms with van der Waals surface area (Å²) in [6, 6.07) is 20.9. The van der Waals surface area contributed by atoms with Gasteiger partial charge >= 0.3 is 6.03 Å². The van der Waals surface area contributed by atoms with Crippen molar-refractivity contribution >= 4 is 41.2 Å². The molecule has 0 radical (unpaired) electrons. The molecule has 4 aromatic rings. The highest BCUT2D eigenvalue weighted by atomic mass is 35.5. The molecule has 1 aromatic heterocycles. The van der Waals surface area contributed by atoms with Crippen LogP contribution in [0, 0.1) is 13.8 Å². The van der Waals surface area contributed by atoms with Crippen molar-refractivity contribution < 1.29 is 28.6 Å². The molecule has 0 unspecified atom stereocenters. The van der Waals surface area contributed by atoms with Gasteiger partial charge in [-0.15, -0.1) is 0 Å². The molecular formula is C31H24ClN3O6. The molecule has 0 saturated carbocycles. The molecule has 206 valence electrons. The predicted molar refractivity (Wildman–Crippen MR) is 153 cm³/mol. The van der Waals surface area contributed by atoms with E-state index in [1.807, 2.05) is 73.0 Å². The van der Waals surface area contributed by atoms with E-state index >= 15 is 0 Å². The normalized spacial score (nSPS) is 15.4. The molecule has 10 heteroatoms. The molecule has 3 aromatic carbocycles. The largest absolute Gasteiger partial charge is 0.489 e. The molecular weight excluding hydrogens is 546 g/mol. The third-order valence-electron chi connectivity index (χ3n) is 6.93. The molecule has 9 nitrogen and oxygen atoms in total. The molecule has 4 amide bonds. The van der Waals surface area contributed by atoms with Gasteiger partial charge in [0.15, 0.2) is 11.5 Å². The topological polar surface area (TPSA) is 99.1 Å². The average Bonchev–Trinajstić information content (AvgIpc) is 3.53. The number of carbonyl (C=O) groups is 3. The highest BCUT2D eigenvalue weighted by Gasteiger charge is 2.37. The summed E-state index contributed by atoms with van der Waals surface area (Å²) < 4.78 is 18.6. The van der Waals surface area contributed by atoms with Crippen molar-refractivity contribution in [1.82, 2.24) is 9.88 Å². The first-order valence-corrected chi connectivity index (χ1v) is 13.1. The Kier molecular flexibility index (Phi) is 6.72. The lowest BCUT2D eigenvalue weighted by atomic mass is 10.1. The van der Waals surface area contributed by atoms with Crippen molar-refractivity contribution in [1.29, 1.82) is 0 Å². The van der Waals surface area contributed by atoms with Crippen LogP contribution in [-0.2, 0) is 16.2 Å². The number of nitrogens with zero attached hydrogens (tertiary/aromatic N) is 2. The van der Waals surface area contributed by atoms with Gasteiger partial charge < -0.3 is 18.8 Å². The van der Waals surface area contributed by atoms with Crippen LogP contribution in [0.15, 0.2) is 78.4 Å². The van der Waals surface area contributed by atoms with E-state index in [1.165, 1.54) is 12.1 Å². The smallest absolute Gasteiger partial charge is 0.335 e. The summed E-state index contributed by atoms with van der Waals surface area (Å²) in [5, 5.41) is 2.91. The second kappa shape index (κ2) is 10.5. The number of aromatic nitrogens is 1. The van der Waals surface area contributed by atoms with Gasteiger partial charge in [0.1, 0.15) is 17.9 Å². The van der Waals surface area contributed by atoms with Crippen LogP contribution in [0.4, 0.5) is 10.5 Å². The third-order valence-corrected chi connectivity index (χ3v) is 7.30. The zero-order chi connectivity index (χ0) is 28.7. The second-order valence-electron chi connectivity index (χ2n) is 9.53. The maximum absolute atomic E-state index is 13.4. The fraction of sp³-hybridized carbons (Fsp3) is 0.129. The number of benzene rings is 3. The van der Waals surface area contributed by atoms with Crippen molar-refractivity contribution in [2.24, 2.45) is 0 Å². The highest BCUT2D eigenvalue weighted by Crippen LogP contribution is 2.36. The van der Waals surface area contributed by atoms with Crippen molar-refractivity contribution in [3.63, 3.8) is 0 Å². The number of nitrogens with one attached hydrogen (secondary N) is 1. The van der Waals surface area contributed by atoms with Gasteiger partial charge in [0.25, 0.3) is 11.8 Å². The van der Waals surface area contributed by atoms with Crippen molar-refractivity contribution in [3.8, 4) is 22.9 Å². The number of ether oxygens (including phenoxy) is 3. The van der Waals surface area contributed by atoms with E-state index in [1.54, 1.807) is 12.1 Å². The van der Waals surface area contributed by atoms with Gasteiger partial charge in [-0.1, -0.05) is 29.8 Å². The van der Waals surface area contributed by atoms with E-state index in [2.05, 4.69) is 5.32 Å². The molecule has 0 bridgehead atoms. The minimum absolute atomic E-state index is 0.0521. The number of amides is 4. The second-order valence-corrected chi connectivity index (χ2v) is 9.94. The average molecular weight is 570 g/mol. The van der Waals surface area contributed by atoms with E-state index in [9.17, 15) is 14.4 Å². The van der Waals surface area contributed by atoms with Crippen LogP contribution in [0.3, 0.4) is 0 Å². The summed E-state index contributed by atoms with van der Waals surface area (Å²) in [5.74, 6) is 0.118. The molecule has 1 fully saturated rings. The number of carbonyl (C=O) groups excluding carboxylic acids is 3. The molecule has 41 heavy (non-hydrogen) atoms. The van der Waals surface area contributed by atoms with E-state index in [-0.39, 0.29) is 18.1 Å². The maximum Gasteiger partial charge on any atom is 0.335 e. The van der Waals surface area contributed by atoms with Gasteiger partial charge in [0.05, 0.1) is 5.69 Å². The molecule has 0 atom stereocenters. The Morgan fingerprint density at radius 3 is 2.44 bits per heavy atom. The van der Waals surface area contributed by atoms with Crippen molar-refractivity contribution in [3.05, 3.63) is 106 Å². The number of hydrogen-bond acceptors (Lipinski definition) is 6. The summed E-state index contributed by atoms with van der Waals surface area (Å²) >= 11 is 6.22. The Labute approximate surface area is 240 Å². The first-order valence-electron chi connectivity index (χ1n) is 12.8.